The molecule has 0 saturated heterocycles. The molecule has 0 aliphatic heterocycles. The average Bonchev–Trinajstić information content (AvgIpc) is 1.56. The Morgan fingerprint density at radius 2 is 1.18 bits per heavy atom. The van der Waals surface area contributed by atoms with Crippen molar-refractivity contribution in [2.24, 2.45) is 5.92 Å². The smallest absolute Gasteiger partial charge is 0.302 e. The SMILES string of the molecule is O=CC(C(F)(F)F)C(F)(F)F. The molecule has 0 aliphatic carbocycles. The first-order valence-electron chi connectivity index (χ1n) is 2.28. The zero-order chi connectivity index (χ0) is 9.28. The van der Waals surface area contributed by atoms with Gasteiger partial charge in [0.1, 0.15) is 6.29 Å². The van der Waals surface area contributed by atoms with Crippen molar-refractivity contribution in [2.75, 3.05) is 0 Å². The van der Waals surface area contributed by atoms with Crippen molar-refractivity contribution < 1.29 is 31.1 Å². The summed E-state index contributed by atoms with van der Waals surface area (Å²) < 4.78 is 67.6. The molecule has 0 unspecified atom stereocenters. The van der Waals surface area contributed by atoms with Crippen LogP contribution in [-0.4, -0.2) is 18.6 Å². The summed E-state index contributed by atoms with van der Waals surface area (Å²) in [6, 6.07) is 0. The summed E-state index contributed by atoms with van der Waals surface area (Å²) in [5.41, 5.74) is 0. The van der Waals surface area contributed by atoms with Crippen molar-refractivity contribution >= 4 is 6.29 Å². The van der Waals surface area contributed by atoms with E-state index in [-0.39, 0.29) is 0 Å². The maximum Gasteiger partial charge on any atom is 0.407 e. The van der Waals surface area contributed by atoms with Gasteiger partial charge in [-0.05, 0) is 0 Å². The molecule has 0 fully saturated rings. The van der Waals surface area contributed by atoms with Crippen molar-refractivity contribution in [2.45, 2.75) is 12.4 Å². The summed E-state index contributed by atoms with van der Waals surface area (Å²) in [6.45, 7) is 0. The standard InChI is InChI=1S/C4H2F6O/c5-3(6,7)2(1-11)4(8,9)10/h1-2H. The number of alkyl halides is 6. The van der Waals surface area contributed by atoms with Crippen LogP contribution in [0.2, 0.25) is 0 Å². The topological polar surface area (TPSA) is 17.1 Å². The lowest BCUT2D eigenvalue weighted by Crippen LogP contribution is -2.37. The molecule has 0 aliphatic rings. The maximum absolute atomic E-state index is 11.3. The number of carbonyl (C=O) groups is 1. The number of aldehydes is 1. The fourth-order valence-electron chi connectivity index (χ4n) is 0.340. The van der Waals surface area contributed by atoms with Crippen LogP contribution in [0, 0.1) is 5.92 Å². The predicted molar refractivity (Wildman–Crippen MR) is 21.7 cm³/mol. The Kier molecular flexibility index (Phi) is 2.52. The van der Waals surface area contributed by atoms with Gasteiger partial charge in [0.25, 0.3) is 0 Å². The summed E-state index contributed by atoms with van der Waals surface area (Å²) in [5.74, 6) is -3.87. The van der Waals surface area contributed by atoms with Crippen LogP contribution in [0.4, 0.5) is 26.3 Å². The van der Waals surface area contributed by atoms with Crippen LogP contribution in [0.3, 0.4) is 0 Å². The molecule has 1 nitrogen and oxygen atoms in total. The third-order valence-corrected chi connectivity index (χ3v) is 0.841. The van der Waals surface area contributed by atoms with Crippen LogP contribution >= 0.6 is 0 Å². The molecule has 0 radical (unpaired) electrons. The van der Waals surface area contributed by atoms with Crippen molar-refractivity contribution in [3.8, 4) is 0 Å². The second kappa shape index (κ2) is 2.71. The van der Waals surface area contributed by atoms with Gasteiger partial charge in [-0.15, -0.1) is 0 Å². The van der Waals surface area contributed by atoms with Crippen LogP contribution in [0.15, 0.2) is 0 Å². The first-order chi connectivity index (χ1) is 4.69. The molecule has 0 bridgehead atoms. The summed E-state index contributed by atoms with van der Waals surface area (Å²) >= 11 is 0. The molecular formula is C4H2F6O. The fourth-order valence-corrected chi connectivity index (χ4v) is 0.340. The molecule has 0 N–H and O–H groups in total. The van der Waals surface area contributed by atoms with E-state index in [2.05, 4.69) is 0 Å². The molecule has 0 heterocycles. The number of rotatable bonds is 1. The van der Waals surface area contributed by atoms with Crippen molar-refractivity contribution in [1.82, 2.24) is 0 Å². The van der Waals surface area contributed by atoms with Gasteiger partial charge in [-0.25, -0.2) is 0 Å². The van der Waals surface area contributed by atoms with Gasteiger partial charge in [0, 0.05) is 0 Å². The number of hydrogen-bond acceptors (Lipinski definition) is 1. The van der Waals surface area contributed by atoms with E-state index in [1.54, 1.807) is 0 Å². The lowest BCUT2D eigenvalue weighted by atomic mass is 10.1. The minimum atomic E-state index is -5.54. The molecule has 66 valence electrons. The Hall–Kier alpha value is -0.750. The average molecular weight is 180 g/mol. The summed E-state index contributed by atoms with van der Waals surface area (Å²) in [5, 5.41) is 0. The van der Waals surface area contributed by atoms with Crippen molar-refractivity contribution in [3.63, 3.8) is 0 Å². The molecule has 0 rings (SSSR count). The minimum Gasteiger partial charge on any atom is -0.302 e. The van der Waals surface area contributed by atoms with E-state index >= 15 is 0 Å². The first kappa shape index (κ1) is 10.2. The molecule has 7 heteroatoms. The minimum absolute atomic E-state index is 1.17. The molecule has 0 saturated carbocycles. The Morgan fingerprint density at radius 1 is 0.909 bits per heavy atom. The Balaban J connectivity index is 4.56. The van der Waals surface area contributed by atoms with Gasteiger partial charge in [-0.3, -0.25) is 0 Å². The van der Waals surface area contributed by atoms with Gasteiger partial charge in [0.05, 0.1) is 0 Å². The highest BCUT2D eigenvalue weighted by atomic mass is 19.4. The Labute approximate surface area is 57.0 Å². The van der Waals surface area contributed by atoms with E-state index in [9.17, 15) is 31.1 Å². The van der Waals surface area contributed by atoms with Crippen LogP contribution in [0.5, 0.6) is 0 Å². The van der Waals surface area contributed by atoms with Crippen molar-refractivity contribution in [3.05, 3.63) is 0 Å². The van der Waals surface area contributed by atoms with Crippen molar-refractivity contribution in [1.29, 1.82) is 0 Å². The zero-order valence-electron chi connectivity index (χ0n) is 4.83. The van der Waals surface area contributed by atoms with Gasteiger partial charge >= 0.3 is 12.4 Å². The van der Waals surface area contributed by atoms with E-state index < -0.39 is 24.6 Å². The molecular weight excluding hydrogens is 178 g/mol. The number of carbonyl (C=O) groups excluding carboxylic acids is 1. The largest absolute Gasteiger partial charge is 0.407 e. The number of halogens is 6. The van der Waals surface area contributed by atoms with E-state index in [1.807, 2.05) is 0 Å². The van der Waals surface area contributed by atoms with E-state index in [0.717, 1.165) is 0 Å². The second-order valence-corrected chi connectivity index (χ2v) is 1.70. The van der Waals surface area contributed by atoms with Gasteiger partial charge < -0.3 is 4.79 Å². The first-order valence-corrected chi connectivity index (χ1v) is 2.28. The third kappa shape index (κ3) is 2.77. The fraction of sp³-hybridized carbons (Fsp3) is 0.750. The van der Waals surface area contributed by atoms with Gasteiger partial charge in [0.15, 0.2) is 0 Å². The molecule has 0 atom stereocenters. The van der Waals surface area contributed by atoms with E-state index in [0.29, 0.717) is 0 Å². The normalized spacial score (nSPS) is 13.7. The van der Waals surface area contributed by atoms with Crippen LogP contribution in [0.25, 0.3) is 0 Å². The summed E-state index contributed by atoms with van der Waals surface area (Å²) in [6.07, 6.45) is -12.2. The van der Waals surface area contributed by atoms with Crippen LogP contribution in [0.1, 0.15) is 0 Å². The van der Waals surface area contributed by atoms with E-state index in [4.69, 9.17) is 0 Å². The van der Waals surface area contributed by atoms with Gasteiger partial charge in [-0.1, -0.05) is 0 Å². The Bertz CT molecular complexity index is 130. The van der Waals surface area contributed by atoms with E-state index in [1.165, 1.54) is 0 Å². The molecule has 0 amide bonds. The maximum atomic E-state index is 11.3. The molecule has 0 spiro atoms. The third-order valence-electron chi connectivity index (χ3n) is 0.841. The second-order valence-electron chi connectivity index (χ2n) is 1.70. The zero-order valence-corrected chi connectivity index (χ0v) is 4.83. The summed E-state index contributed by atoms with van der Waals surface area (Å²) in [4.78, 5) is 9.36. The molecule has 11 heavy (non-hydrogen) atoms. The quantitative estimate of drug-likeness (QED) is 0.445. The Morgan fingerprint density at radius 3 is 1.18 bits per heavy atom. The lowest BCUT2D eigenvalue weighted by Gasteiger charge is -2.16. The molecule has 0 aromatic rings. The number of hydrogen-bond donors (Lipinski definition) is 0. The monoisotopic (exact) mass is 180 g/mol. The van der Waals surface area contributed by atoms with Crippen LogP contribution < -0.4 is 0 Å². The lowest BCUT2D eigenvalue weighted by molar-refractivity contribution is -0.269. The molecule has 0 aromatic carbocycles. The highest BCUT2D eigenvalue weighted by molar-refractivity contribution is 5.56. The van der Waals surface area contributed by atoms with Gasteiger partial charge in [-0.2, -0.15) is 26.3 Å². The molecule has 0 aromatic heterocycles. The highest BCUT2D eigenvalue weighted by Gasteiger charge is 2.56. The predicted octanol–water partition coefficient (Wildman–Crippen LogP) is 1.93. The van der Waals surface area contributed by atoms with Gasteiger partial charge in [0.2, 0.25) is 5.92 Å². The highest BCUT2D eigenvalue weighted by Crippen LogP contribution is 2.37. The summed E-state index contributed by atoms with van der Waals surface area (Å²) in [7, 11) is 0. The van der Waals surface area contributed by atoms with Crippen LogP contribution in [-0.2, 0) is 4.79 Å².